The molecule has 0 amide bonds. The Kier molecular flexibility index (Phi) is 4.36. The van der Waals surface area contributed by atoms with Gasteiger partial charge in [0.25, 0.3) is 0 Å². The highest BCUT2D eigenvalue weighted by Crippen LogP contribution is 2.55. The topological polar surface area (TPSA) is 55.4 Å². The van der Waals surface area contributed by atoms with Crippen LogP contribution in [0.2, 0.25) is 0 Å². The molecule has 0 bridgehead atoms. The number of thioether (sulfide) groups is 1. The summed E-state index contributed by atoms with van der Waals surface area (Å²) in [5, 5.41) is 3.43. The van der Waals surface area contributed by atoms with Crippen molar-refractivity contribution in [3.05, 3.63) is 82.1 Å². The fraction of sp³-hybridized carbons (Fsp3) is 0.250. The van der Waals surface area contributed by atoms with E-state index in [1.807, 2.05) is 18.2 Å². The number of rotatable bonds is 2. The predicted octanol–water partition coefficient (Wildman–Crippen LogP) is 4.77. The van der Waals surface area contributed by atoms with Gasteiger partial charge in [0.15, 0.2) is 5.78 Å². The van der Waals surface area contributed by atoms with E-state index in [0.29, 0.717) is 18.4 Å². The number of ketones is 1. The van der Waals surface area contributed by atoms with Crippen LogP contribution in [-0.4, -0.2) is 24.1 Å². The van der Waals surface area contributed by atoms with Gasteiger partial charge < -0.3 is 10.1 Å². The van der Waals surface area contributed by atoms with E-state index in [9.17, 15) is 9.59 Å². The molecule has 2 aromatic rings. The van der Waals surface area contributed by atoms with Crippen molar-refractivity contribution in [2.45, 2.75) is 35.8 Å². The van der Waals surface area contributed by atoms with Gasteiger partial charge in [-0.25, -0.2) is 4.79 Å². The molecule has 0 fully saturated rings. The monoisotopic (exact) mass is 403 g/mol. The van der Waals surface area contributed by atoms with Crippen LogP contribution >= 0.6 is 11.8 Å². The van der Waals surface area contributed by atoms with E-state index in [-0.39, 0.29) is 22.9 Å². The fourth-order valence-electron chi connectivity index (χ4n) is 4.59. The van der Waals surface area contributed by atoms with Crippen LogP contribution in [-0.2, 0) is 14.3 Å². The lowest BCUT2D eigenvalue weighted by molar-refractivity contribution is -0.135. The van der Waals surface area contributed by atoms with Crippen LogP contribution < -0.4 is 5.32 Å². The summed E-state index contributed by atoms with van der Waals surface area (Å²) in [7, 11) is 1.40. The molecule has 4 nitrogen and oxygen atoms in total. The number of benzene rings is 2. The predicted molar refractivity (Wildman–Crippen MR) is 114 cm³/mol. The average Bonchev–Trinajstić information content (AvgIpc) is 3.12. The number of methoxy groups -OCH3 is 1. The minimum absolute atomic E-state index is 0.0810. The SMILES string of the molecule is COC(=O)C1=C2Nc3ccccc3S[C@@H]2[C@@H](c2ccc(C)cc2)C2=C1CCC2=O. The van der Waals surface area contributed by atoms with Crippen molar-refractivity contribution < 1.29 is 14.3 Å². The minimum atomic E-state index is -0.373. The minimum Gasteiger partial charge on any atom is -0.465 e. The normalized spacial score (nSPS) is 22.6. The summed E-state index contributed by atoms with van der Waals surface area (Å²) in [5.74, 6) is -0.317. The van der Waals surface area contributed by atoms with E-state index < -0.39 is 0 Å². The Morgan fingerprint density at radius 1 is 1.10 bits per heavy atom. The summed E-state index contributed by atoms with van der Waals surface area (Å²) in [6.45, 7) is 2.06. The molecule has 0 spiro atoms. The lowest BCUT2D eigenvalue weighted by atomic mass is 9.77. The number of aryl methyl sites for hydroxylation is 1. The molecular weight excluding hydrogens is 382 g/mol. The molecule has 1 aliphatic heterocycles. The van der Waals surface area contributed by atoms with Crippen LogP contribution in [0.15, 0.2) is 75.8 Å². The first-order valence-electron chi connectivity index (χ1n) is 9.77. The van der Waals surface area contributed by atoms with Gasteiger partial charge >= 0.3 is 5.97 Å². The molecule has 29 heavy (non-hydrogen) atoms. The lowest BCUT2D eigenvalue weighted by Crippen LogP contribution is -2.35. The summed E-state index contributed by atoms with van der Waals surface area (Å²) >= 11 is 1.72. The zero-order chi connectivity index (χ0) is 20.1. The highest BCUT2D eigenvalue weighted by atomic mass is 32.2. The molecule has 0 aromatic heterocycles. The number of para-hydroxylation sites is 1. The molecule has 5 rings (SSSR count). The Hall–Kier alpha value is -2.79. The molecule has 2 aliphatic carbocycles. The molecule has 0 radical (unpaired) electrons. The molecular formula is C24H21NO3S. The lowest BCUT2D eigenvalue weighted by Gasteiger charge is -2.39. The van der Waals surface area contributed by atoms with Crippen molar-refractivity contribution >= 4 is 29.2 Å². The number of carbonyl (C=O) groups excluding carboxylic acids is 2. The van der Waals surface area contributed by atoms with Gasteiger partial charge in [-0.2, -0.15) is 0 Å². The Morgan fingerprint density at radius 2 is 1.86 bits per heavy atom. The van der Waals surface area contributed by atoms with Gasteiger partial charge in [0.2, 0.25) is 0 Å². The first-order valence-corrected chi connectivity index (χ1v) is 10.6. The fourth-order valence-corrected chi connectivity index (χ4v) is 5.99. The van der Waals surface area contributed by atoms with Gasteiger partial charge in [0.05, 0.1) is 23.6 Å². The maximum atomic E-state index is 13.0. The number of esters is 1. The molecule has 3 aliphatic rings. The molecule has 0 saturated heterocycles. The smallest absolute Gasteiger partial charge is 0.339 e. The highest BCUT2D eigenvalue weighted by molar-refractivity contribution is 8.00. The summed E-state index contributed by atoms with van der Waals surface area (Å²) in [4.78, 5) is 26.9. The maximum absolute atomic E-state index is 13.0. The van der Waals surface area contributed by atoms with Crippen molar-refractivity contribution in [1.29, 1.82) is 0 Å². The first kappa shape index (κ1) is 18.3. The third-order valence-electron chi connectivity index (χ3n) is 5.93. The van der Waals surface area contributed by atoms with Gasteiger partial charge in [-0.15, -0.1) is 11.8 Å². The number of Topliss-reactive ketones (excluding diaryl/α,β-unsaturated/α-hetero) is 1. The number of hydrogen-bond donors (Lipinski definition) is 1. The molecule has 2 atom stereocenters. The number of nitrogens with one attached hydrogen (secondary N) is 1. The van der Waals surface area contributed by atoms with Crippen molar-refractivity contribution in [1.82, 2.24) is 0 Å². The number of allylic oxidation sites excluding steroid dienone is 1. The van der Waals surface area contributed by atoms with Gasteiger partial charge in [-0.1, -0.05) is 42.0 Å². The van der Waals surface area contributed by atoms with Gasteiger partial charge in [0.1, 0.15) is 0 Å². The van der Waals surface area contributed by atoms with E-state index in [1.54, 1.807) is 11.8 Å². The van der Waals surface area contributed by atoms with Crippen LogP contribution in [0, 0.1) is 6.92 Å². The Bertz CT molecular complexity index is 1100. The van der Waals surface area contributed by atoms with E-state index >= 15 is 0 Å². The van der Waals surface area contributed by atoms with Crippen LogP contribution in [0.25, 0.3) is 0 Å². The number of hydrogen-bond acceptors (Lipinski definition) is 5. The third kappa shape index (κ3) is 2.84. The Morgan fingerprint density at radius 3 is 2.62 bits per heavy atom. The number of ether oxygens (including phenoxy) is 1. The number of fused-ring (bicyclic) bond motifs is 2. The Balaban J connectivity index is 1.75. The van der Waals surface area contributed by atoms with E-state index in [1.165, 1.54) is 12.7 Å². The molecule has 5 heteroatoms. The van der Waals surface area contributed by atoms with Gasteiger partial charge in [0, 0.05) is 28.5 Å². The van der Waals surface area contributed by atoms with Gasteiger partial charge in [-0.05, 0) is 36.6 Å². The second-order valence-electron chi connectivity index (χ2n) is 7.64. The quantitative estimate of drug-likeness (QED) is 0.733. The third-order valence-corrected chi connectivity index (χ3v) is 7.31. The van der Waals surface area contributed by atoms with Gasteiger partial charge in [-0.3, -0.25) is 4.79 Å². The summed E-state index contributed by atoms with van der Waals surface area (Å²) in [6.07, 6.45) is 1.04. The maximum Gasteiger partial charge on any atom is 0.339 e. The zero-order valence-corrected chi connectivity index (χ0v) is 17.1. The summed E-state index contributed by atoms with van der Waals surface area (Å²) in [6, 6.07) is 16.5. The first-order chi connectivity index (χ1) is 14.1. The molecule has 1 N–H and O–H groups in total. The van der Waals surface area contributed by atoms with Crippen molar-refractivity contribution in [3.63, 3.8) is 0 Å². The zero-order valence-electron chi connectivity index (χ0n) is 16.3. The number of anilines is 1. The Labute approximate surface area is 174 Å². The largest absolute Gasteiger partial charge is 0.465 e. The number of carbonyl (C=O) groups is 2. The second-order valence-corrected chi connectivity index (χ2v) is 8.83. The van der Waals surface area contributed by atoms with Crippen LogP contribution in [0.3, 0.4) is 0 Å². The van der Waals surface area contributed by atoms with Crippen LogP contribution in [0.4, 0.5) is 5.69 Å². The van der Waals surface area contributed by atoms with E-state index in [2.05, 4.69) is 42.6 Å². The van der Waals surface area contributed by atoms with Crippen molar-refractivity contribution in [3.8, 4) is 0 Å². The second kappa shape index (κ2) is 6.92. The summed E-state index contributed by atoms with van der Waals surface area (Å²) in [5.41, 5.74) is 6.33. The molecule has 1 heterocycles. The standard InChI is InChI=1S/C24H21NO3S/c1-13-7-9-14(10-8-13)19-20-15(11-12-17(20)26)21(24(27)28-2)22-23(19)29-18-6-4-3-5-16(18)25-22/h3-10,19,23,25H,11-12H2,1-2H3/t19-,23+/m0/s1. The summed E-state index contributed by atoms with van der Waals surface area (Å²) < 4.78 is 5.14. The van der Waals surface area contributed by atoms with Crippen LogP contribution in [0.5, 0.6) is 0 Å². The van der Waals surface area contributed by atoms with Crippen LogP contribution in [0.1, 0.15) is 29.9 Å². The van der Waals surface area contributed by atoms with Crippen molar-refractivity contribution in [2.75, 3.05) is 12.4 Å². The van der Waals surface area contributed by atoms with Crippen molar-refractivity contribution in [2.24, 2.45) is 0 Å². The van der Waals surface area contributed by atoms with E-state index in [0.717, 1.165) is 33.0 Å². The average molecular weight is 404 g/mol. The molecule has 2 aromatic carbocycles. The van der Waals surface area contributed by atoms with E-state index in [4.69, 9.17) is 4.74 Å². The molecule has 0 saturated carbocycles. The highest BCUT2D eigenvalue weighted by Gasteiger charge is 2.47. The molecule has 0 unspecified atom stereocenters. The molecule has 146 valence electrons.